The molecule has 0 bridgehead atoms. The number of rotatable bonds is 4. The average molecular weight is 208 g/mol. The minimum absolute atomic E-state index is 0. The quantitative estimate of drug-likeness (QED) is 0.608. The van der Waals surface area contributed by atoms with Crippen molar-refractivity contribution in [1.82, 2.24) is 5.32 Å². The van der Waals surface area contributed by atoms with Crippen LogP contribution >= 0.6 is 0 Å². The first kappa shape index (κ1) is 14.6. The van der Waals surface area contributed by atoms with Crippen molar-refractivity contribution in [2.24, 2.45) is 0 Å². The molecule has 0 spiro atoms. The van der Waals surface area contributed by atoms with E-state index in [2.05, 4.69) is 24.5 Å². The molecule has 1 saturated heterocycles. The Morgan fingerprint density at radius 2 is 2.15 bits per heavy atom. The van der Waals surface area contributed by atoms with Gasteiger partial charge in [-0.1, -0.05) is 26.7 Å². The number of nitrogens with zero attached hydrogens (tertiary/aromatic N) is 1. The second-order valence-electron chi connectivity index (χ2n) is 3.94. The van der Waals surface area contributed by atoms with Crippen LogP contribution in [0.1, 0.15) is 39.5 Å². The summed E-state index contributed by atoms with van der Waals surface area (Å²) in [4.78, 5) is 0. The molecule has 1 unspecified atom stereocenters. The maximum Gasteiger partial charge on any atom is 1.00 e. The van der Waals surface area contributed by atoms with Crippen molar-refractivity contribution in [2.75, 3.05) is 13.1 Å². The van der Waals surface area contributed by atoms with Gasteiger partial charge in [0.1, 0.15) is 0 Å². The van der Waals surface area contributed by atoms with Crippen molar-refractivity contribution in [1.29, 1.82) is 0 Å². The molecule has 1 fully saturated rings. The minimum Gasteiger partial charge on any atom is -0.660 e. The van der Waals surface area contributed by atoms with E-state index < -0.39 is 0 Å². The van der Waals surface area contributed by atoms with Gasteiger partial charge in [0.15, 0.2) is 0 Å². The Hall–Kier alpha value is 1.56. The van der Waals surface area contributed by atoms with Crippen molar-refractivity contribution in [3.8, 4) is 0 Å². The summed E-state index contributed by atoms with van der Waals surface area (Å²) in [6.07, 6.45) is 5.35. The van der Waals surface area contributed by atoms with Gasteiger partial charge in [0, 0.05) is 6.04 Å². The molecule has 0 aromatic carbocycles. The van der Waals surface area contributed by atoms with Crippen LogP contribution in [0.2, 0.25) is 0 Å². The molecule has 1 atom stereocenters. The minimum atomic E-state index is 0. The summed E-state index contributed by atoms with van der Waals surface area (Å²) in [5, 5.41) is 8.01. The summed E-state index contributed by atoms with van der Waals surface area (Å²) in [6, 6.07) is 1.26. The second-order valence-corrected chi connectivity index (χ2v) is 3.94. The van der Waals surface area contributed by atoms with Gasteiger partial charge in [0.25, 0.3) is 0 Å². The van der Waals surface area contributed by atoms with Gasteiger partial charge in [-0.15, -0.1) is 12.6 Å². The van der Waals surface area contributed by atoms with E-state index in [4.69, 9.17) is 0 Å². The van der Waals surface area contributed by atoms with E-state index in [0.29, 0.717) is 6.04 Å². The van der Waals surface area contributed by atoms with Gasteiger partial charge in [0.2, 0.25) is 0 Å². The molecule has 1 N–H and O–H groups in total. The molecule has 2 nitrogen and oxygen atoms in total. The fourth-order valence-electron chi connectivity index (χ4n) is 1.66. The zero-order valence-corrected chi connectivity index (χ0v) is 12.5. The largest absolute Gasteiger partial charge is 1.00 e. The molecule has 1 aliphatic rings. The van der Waals surface area contributed by atoms with Crippen LogP contribution in [-0.4, -0.2) is 25.2 Å². The number of hydrogen-bond acceptors (Lipinski definition) is 1. The maximum absolute atomic E-state index is 4.48. The molecule has 0 aromatic heterocycles. The first-order valence-electron chi connectivity index (χ1n) is 5.19. The van der Waals surface area contributed by atoms with E-state index >= 15 is 0 Å². The third-order valence-electron chi connectivity index (χ3n) is 2.38. The monoisotopic (exact) mass is 208 g/mol. The van der Waals surface area contributed by atoms with Crippen molar-refractivity contribution in [3.05, 3.63) is 5.32 Å². The third kappa shape index (κ3) is 7.48. The number of nitrogens with one attached hydrogen (secondary N) is 1. The normalized spacial score (nSPS) is 22.8. The molecule has 0 radical (unpaired) electrons. The smallest absolute Gasteiger partial charge is 0.660 e. The zero-order valence-electron chi connectivity index (χ0n) is 9.34. The fourth-order valence-corrected chi connectivity index (χ4v) is 1.66. The Bertz CT molecular complexity index is 111. The van der Waals surface area contributed by atoms with Crippen molar-refractivity contribution in [2.45, 2.75) is 51.6 Å². The Morgan fingerprint density at radius 1 is 1.38 bits per heavy atom. The van der Waals surface area contributed by atoms with E-state index in [1.165, 1.54) is 32.2 Å². The van der Waals surface area contributed by atoms with Gasteiger partial charge in [0.05, 0.1) is 0 Å². The summed E-state index contributed by atoms with van der Waals surface area (Å²) in [7, 11) is 0. The van der Waals surface area contributed by atoms with Crippen LogP contribution in [0.25, 0.3) is 5.32 Å². The molecule has 0 aliphatic carbocycles. The topological polar surface area (TPSA) is 26.1 Å². The van der Waals surface area contributed by atoms with Crippen LogP contribution in [0.3, 0.4) is 0 Å². The summed E-state index contributed by atoms with van der Waals surface area (Å²) in [5.74, 6) is 0. The van der Waals surface area contributed by atoms with E-state index in [-0.39, 0.29) is 51.4 Å². The first-order valence-corrected chi connectivity index (χ1v) is 5.19. The summed E-state index contributed by atoms with van der Waals surface area (Å²) in [6.45, 7) is 6.55. The van der Waals surface area contributed by atoms with Crippen molar-refractivity contribution >= 4 is 0 Å². The van der Waals surface area contributed by atoms with Crippen molar-refractivity contribution in [3.63, 3.8) is 0 Å². The second kappa shape index (κ2) is 8.83. The Balaban J connectivity index is 0.00000144. The van der Waals surface area contributed by atoms with Crippen LogP contribution < -0.4 is 56.7 Å². The molecule has 3 heteroatoms. The van der Waals surface area contributed by atoms with E-state index in [0.717, 1.165) is 12.6 Å². The molecular formula is C10H21KN2. The SMILES string of the molecule is CC(C)[N-]CCC1CCCCN1.[K+]. The third-order valence-corrected chi connectivity index (χ3v) is 2.38. The first-order chi connectivity index (χ1) is 5.79. The van der Waals surface area contributed by atoms with Gasteiger partial charge in [-0.2, -0.15) is 0 Å². The molecule has 0 aromatic rings. The van der Waals surface area contributed by atoms with Crippen LogP contribution in [-0.2, 0) is 0 Å². The summed E-state index contributed by atoms with van der Waals surface area (Å²) in [5.41, 5.74) is 0. The predicted molar refractivity (Wildman–Crippen MR) is 53.6 cm³/mol. The molecule has 72 valence electrons. The number of hydrogen-bond donors (Lipinski definition) is 1. The fraction of sp³-hybridized carbons (Fsp3) is 1.00. The van der Waals surface area contributed by atoms with Crippen LogP contribution in [0, 0.1) is 0 Å². The van der Waals surface area contributed by atoms with Gasteiger partial charge >= 0.3 is 51.4 Å². The maximum atomic E-state index is 4.48. The van der Waals surface area contributed by atoms with Gasteiger partial charge in [-0.3, -0.25) is 0 Å². The Labute approximate surface area is 125 Å². The van der Waals surface area contributed by atoms with Crippen LogP contribution in [0.15, 0.2) is 0 Å². The predicted octanol–water partition coefficient (Wildman–Crippen LogP) is -0.695. The Kier molecular flexibility index (Phi) is 9.89. The number of piperidine rings is 1. The van der Waals surface area contributed by atoms with Crippen molar-refractivity contribution < 1.29 is 51.4 Å². The molecular weight excluding hydrogens is 187 g/mol. The standard InChI is InChI=1S/C10H21N2.K/c1-9(2)11-8-6-10-5-3-4-7-12-10;/h9-10,12H,3-8H2,1-2H3;/q-1;+1. The zero-order chi connectivity index (χ0) is 8.81. The molecule has 1 aliphatic heterocycles. The van der Waals surface area contributed by atoms with Crippen LogP contribution in [0.5, 0.6) is 0 Å². The average Bonchev–Trinajstić information content (AvgIpc) is 2.05. The van der Waals surface area contributed by atoms with E-state index in [1.807, 2.05) is 0 Å². The van der Waals surface area contributed by atoms with E-state index in [9.17, 15) is 0 Å². The molecule has 0 saturated carbocycles. The van der Waals surface area contributed by atoms with Gasteiger partial charge in [-0.25, -0.2) is 0 Å². The molecule has 1 heterocycles. The Morgan fingerprint density at radius 3 is 2.69 bits per heavy atom. The molecule has 1 rings (SSSR count). The summed E-state index contributed by atoms with van der Waals surface area (Å²) >= 11 is 0. The molecule has 13 heavy (non-hydrogen) atoms. The van der Waals surface area contributed by atoms with E-state index in [1.54, 1.807) is 0 Å². The van der Waals surface area contributed by atoms with Gasteiger partial charge < -0.3 is 10.6 Å². The molecule has 0 amide bonds. The van der Waals surface area contributed by atoms with Crippen LogP contribution in [0.4, 0.5) is 0 Å². The summed E-state index contributed by atoms with van der Waals surface area (Å²) < 4.78 is 0. The van der Waals surface area contributed by atoms with Gasteiger partial charge in [-0.05, 0) is 19.4 Å².